The minimum absolute atomic E-state index is 0.0434. The third-order valence-electron chi connectivity index (χ3n) is 5.23. The standard InChI is InChI=1S/C21H26N2O4S/c1-15-4-9-20(14-16(15)2)28(25,26)22-18-10-12-23(13-11-18)21(24)17-5-7-19(27-3)8-6-17/h4-9,14,18,22H,10-13H2,1-3H3. The molecule has 0 aromatic heterocycles. The molecule has 2 aromatic carbocycles. The molecule has 1 saturated heterocycles. The highest BCUT2D eigenvalue weighted by Crippen LogP contribution is 2.20. The van der Waals surface area contributed by atoms with Gasteiger partial charge in [0.15, 0.2) is 0 Å². The Morgan fingerprint density at radius 1 is 1.04 bits per heavy atom. The van der Waals surface area contributed by atoms with Crippen LogP contribution in [0.5, 0.6) is 5.75 Å². The first-order chi connectivity index (χ1) is 13.3. The maximum absolute atomic E-state index is 12.7. The predicted molar refractivity (Wildman–Crippen MR) is 108 cm³/mol. The normalized spacial score (nSPS) is 15.5. The predicted octanol–water partition coefficient (Wildman–Crippen LogP) is 2.90. The molecule has 0 saturated carbocycles. The van der Waals surface area contributed by atoms with Crippen LogP contribution in [0.1, 0.15) is 34.3 Å². The van der Waals surface area contributed by atoms with Crippen LogP contribution in [-0.4, -0.2) is 45.5 Å². The monoisotopic (exact) mass is 402 g/mol. The number of likely N-dealkylation sites (tertiary alicyclic amines) is 1. The summed E-state index contributed by atoms with van der Waals surface area (Å²) in [5.74, 6) is 0.661. The van der Waals surface area contributed by atoms with Gasteiger partial charge in [0.25, 0.3) is 5.91 Å². The second-order valence-electron chi connectivity index (χ2n) is 7.16. The minimum atomic E-state index is -3.56. The third-order valence-corrected chi connectivity index (χ3v) is 6.75. The van der Waals surface area contributed by atoms with Crippen LogP contribution in [0, 0.1) is 13.8 Å². The van der Waals surface area contributed by atoms with Crippen molar-refractivity contribution in [3.8, 4) is 5.75 Å². The lowest BCUT2D eigenvalue weighted by atomic mass is 10.0. The number of carbonyl (C=O) groups is 1. The van der Waals surface area contributed by atoms with Gasteiger partial charge in [0.2, 0.25) is 10.0 Å². The van der Waals surface area contributed by atoms with Gasteiger partial charge in [-0.05, 0) is 74.2 Å². The number of amides is 1. The first-order valence-electron chi connectivity index (χ1n) is 9.33. The van der Waals surface area contributed by atoms with Gasteiger partial charge in [-0.2, -0.15) is 0 Å². The van der Waals surface area contributed by atoms with E-state index in [0.717, 1.165) is 11.1 Å². The molecule has 0 atom stereocenters. The van der Waals surface area contributed by atoms with Gasteiger partial charge < -0.3 is 9.64 Å². The quantitative estimate of drug-likeness (QED) is 0.834. The highest BCUT2D eigenvalue weighted by atomic mass is 32.2. The molecule has 0 aliphatic carbocycles. The summed E-state index contributed by atoms with van der Waals surface area (Å²) in [5.41, 5.74) is 2.61. The third kappa shape index (κ3) is 4.54. The number of hydrogen-bond donors (Lipinski definition) is 1. The zero-order valence-electron chi connectivity index (χ0n) is 16.4. The number of sulfonamides is 1. The Hall–Kier alpha value is -2.38. The van der Waals surface area contributed by atoms with Crippen LogP contribution < -0.4 is 9.46 Å². The SMILES string of the molecule is COc1ccc(C(=O)N2CCC(NS(=O)(=O)c3ccc(C)c(C)c3)CC2)cc1. The van der Waals surface area contributed by atoms with E-state index in [1.807, 2.05) is 19.9 Å². The molecule has 2 aromatic rings. The molecular formula is C21H26N2O4S. The van der Waals surface area contributed by atoms with Crippen LogP contribution in [0.25, 0.3) is 0 Å². The molecule has 1 N–H and O–H groups in total. The van der Waals surface area contributed by atoms with Crippen LogP contribution in [0.15, 0.2) is 47.4 Å². The van der Waals surface area contributed by atoms with Gasteiger partial charge in [0.05, 0.1) is 12.0 Å². The van der Waals surface area contributed by atoms with Crippen LogP contribution in [0.4, 0.5) is 0 Å². The van der Waals surface area contributed by atoms with E-state index in [1.165, 1.54) is 0 Å². The van der Waals surface area contributed by atoms with Gasteiger partial charge in [0, 0.05) is 24.7 Å². The van der Waals surface area contributed by atoms with Crippen molar-refractivity contribution in [1.82, 2.24) is 9.62 Å². The Balaban J connectivity index is 1.60. The summed E-state index contributed by atoms with van der Waals surface area (Å²) >= 11 is 0. The zero-order chi connectivity index (χ0) is 20.3. The molecule has 0 bridgehead atoms. The first kappa shape index (κ1) is 20.4. The highest BCUT2D eigenvalue weighted by molar-refractivity contribution is 7.89. The number of ether oxygens (including phenoxy) is 1. The molecule has 1 amide bonds. The van der Waals surface area contributed by atoms with E-state index in [1.54, 1.807) is 48.4 Å². The van der Waals surface area contributed by atoms with E-state index in [9.17, 15) is 13.2 Å². The molecule has 0 spiro atoms. The van der Waals surface area contributed by atoms with E-state index >= 15 is 0 Å². The van der Waals surface area contributed by atoms with Gasteiger partial charge in [-0.15, -0.1) is 0 Å². The Labute approximate surface area is 166 Å². The van der Waals surface area contributed by atoms with Crippen molar-refractivity contribution in [2.75, 3.05) is 20.2 Å². The summed E-state index contributed by atoms with van der Waals surface area (Å²) in [5, 5.41) is 0. The number of rotatable bonds is 5. The maximum Gasteiger partial charge on any atom is 0.253 e. The van der Waals surface area contributed by atoms with Gasteiger partial charge in [-0.1, -0.05) is 6.07 Å². The van der Waals surface area contributed by atoms with Gasteiger partial charge >= 0.3 is 0 Å². The molecule has 6 nitrogen and oxygen atoms in total. The van der Waals surface area contributed by atoms with Crippen molar-refractivity contribution in [2.24, 2.45) is 0 Å². The number of nitrogens with zero attached hydrogens (tertiary/aromatic N) is 1. The Morgan fingerprint density at radius 2 is 1.68 bits per heavy atom. The van der Waals surface area contributed by atoms with E-state index in [2.05, 4.69) is 4.72 Å². The van der Waals surface area contributed by atoms with Gasteiger partial charge in [-0.3, -0.25) is 4.79 Å². The van der Waals surface area contributed by atoms with E-state index < -0.39 is 10.0 Å². The lowest BCUT2D eigenvalue weighted by Crippen LogP contribution is -2.46. The molecule has 1 heterocycles. The lowest BCUT2D eigenvalue weighted by molar-refractivity contribution is 0.0711. The van der Waals surface area contributed by atoms with Crippen molar-refractivity contribution in [3.63, 3.8) is 0 Å². The molecule has 1 fully saturated rings. The van der Waals surface area contributed by atoms with Gasteiger partial charge in [0.1, 0.15) is 5.75 Å². The number of aryl methyl sites for hydroxylation is 2. The average molecular weight is 403 g/mol. The Kier molecular flexibility index (Phi) is 6.05. The maximum atomic E-state index is 12.7. The molecule has 1 aliphatic rings. The zero-order valence-corrected chi connectivity index (χ0v) is 17.3. The minimum Gasteiger partial charge on any atom is -0.497 e. The average Bonchev–Trinajstić information content (AvgIpc) is 2.70. The number of nitrogens with one attached hydrogen (secondary N) is 1. The molecule has 0 radical (unpaired) electrons. The fourth-order valence-electron chi connectivity index (χ4n) is 3.29. The van der Waals surface area contributed by atoms with Crippen molar-refractivity contribution < 1.29 is 17.9 Å². The molecular weight excluding hydrogens is 376 g/mol. The lowest BCUT2D eigenvalue weighted by Gasteiger charge is -2.32. The molecule has 0 unspecified atom stereocenters. The van der Waals surface area contributed by atoms with E-state index in [-0.39, 0.29) is 16.8 Å². The van der Waals surface area contributed by atoms with Gasteiger partial charge in [-0.25, -0.2) is 13.1 Å². The van der Waals surface area contributed by atoms with E-state index in [4.69, 9.17) is 4.74 Å². The number of piperidine rings is 1. The van der Waals surface area contributed by atoms with Crippen LogP contribution in [0.2, 0.25) is 0 Å². The topological polar surface area (TPSA) is 75.7 Å². The summed E-state index contributed by atoms with van der Waals surface area (Å²) in [6.07, 6.45) is 1.18. The summed E-state index contributed by atoms with van der Waals surface area (Å²) in [7, 11) is -1.98. The summed E-state index contributed by atoms with van der Waals surface area (Å²) in [4.78, 5) is 14.7. The number of carbonyl (C=O) groups excluding carboxylic acids is 1. The second kappa shape index (κ2) is 8.32. The summed E-state index contributed by atoms with van der Waals surface area (Å²) in [6.45, 7) is 4.89. The molecule has 1 aliphatic heterocycles. The van der Waals surface area contributed by atoms with Crippen LogP contribution >= 0.6 is 0 Å². The molecule has 150 valence electrons. The van der Waals surface area contributed by atoms with Crippen molar-refractivity contribution in [3.05, 3.63) is 59.2 Å². The Bertz CT molecular complexity index is 947. The smallest absolute Gasteiger partial charge is 0.253 e. The summed E-state index contributed by atoms with van der Waals surface area (Å²) < 4.78 is 33.2. The molecule has 7 heteroatoms. The van der Waals surface area contributed by atoms with E-state index in [0.29, 0.717) is 37.2 Å². The molecule has 28 heavy (non-hydrogen) atoms. The van der Waals surface area contributed by atoms with Crippen molar-refractivity contribution >= 4 is 15.9 Å². The summed E-state index contributed by atoms with van der Waals surface area (Å²) in [6, 6.07) is 12.0. The Morgan fingerprint density at radius 3 is 2.25 bits per heavy atom. The fraction of sp³-hybridized carbons (Fsp3) is 0.381. The van der Waals surface area contributed by atoms with Crippen molar-refractivity contribution in [2.45, 2.75) is 37.6 Å². The number of hydrogen-bond acceptors (Lipinski definition) is 4. The number of methoxy groups -OCH3 is 1. The first-order valence-corrected chi connectivity index (χ1v) is 10.8. The number of benzene rings is 2. The molecule has 3 rings (SSSR count). The van der Waals surface area contributed by atoms with Crippen molar-refractivity contribution in [1.29, 1.82) is 0 Å². The largest absolute Gasteiger partial charge is 0.497 e. The van der Waals surface area contributed by atoms with Crippen LogP contribution in [0.3, 0.4) is 0 Å². The highest BCUT2D eigenvalue weighted by Gasteiger charge is 2.27. The second-order valence-corrected chi connectivity index (χ2v) is 8.88. The van der Waals surface area contributed by atoms with Crippen LogP contribution in [-0.2, 0) is 10.0 Å². The fourth-order valence-corrected chi connectivity index (χ4v) is 4.67.